The van der Waals surface area contributed by atoms with Crippen molar-refractivity contribution in [1.82, 2.24) is 0 Å². The first-order chi connectivity index (χ1) is 59.9. The predicted molar refractivity (Wildman–Crippen MR) is 476 cm³/mol. The molecule has 10 aromatic rings. The summed E-state index contributed by atoms with van der Waals surface area (Å²) in [6.45, 7) is 21.8. The fourth-order valence-electron chi connectivity index (χ4n) is 14.3. The first-order valence-corrected chi connectivity index (χ1v) is 48.3. The number of rotatable bonds is 22. The quantitative estimate of drug-likeness (QED) is 0.0209. The molecule has 0 atom stereocenters. The van der Waals surface area contributed by atoms with Crippen LogP contribution in [0.2, 0.25) is 0 Å². The van der Waals surface area contributed by atoms with Crippen LogP contribution in [-0.2, 0) is 80.7 Å². The number of aryl methyl sites for hydroxylation is 6. The number of benzene rings is 12. The Balaban J connectivity index is 0.000000278. The Bertz CT molecular complexity index is 7850. The zero-order chi connectivity index (χ0) is 93.4. The number of nitrogens with one attached hydrogen (secondary N) is 8. The molecule has 0 aromatic heterocycles. The molecule has 2 aliphatic carbocycles. The summed E-state index contributed by atoms with van der Waals surface area (Å²) in [4.78, 5) is 28.9. The smallest absolute Gasteiger partial charge is 0.744 e. The summed E-state index contributed by atoms with van der Waals surface area (Å²) in [6, 6.07) is 55.9. The summed E-state index contributed by atoms with van der Waals surface area (Å²) in [5.41, 5.74) is 11.6. The van der Waals surface area contributed by atoms with Crippen LogP contribution in [0.5, 0.6) is 0 Å². The van der Waals surface area contributed by atoms with Crippen LogP contribution in [-0.4, -0.2) is 93.2 Å². The maximum atomic E-state index is 13.1. The zero-order valence-corrected chi connectivity index (χ0v) is 84.8. The van der Waals surface area contributed by atoms with E-state index in [1.165, 1.54) is 54.6 Å². The second-order valence-corrected chi connectivity index (χ2v) is 39.7. The molecule has 0 spiro atoms. The molecule has 31 nitrogen and oxygen atoms in total. The Morgan fingerprint density at radius 3 is 1.44 bits per heavy atom. The van der Waals surface area contributed by atoms with E-state index < -0.39 is 90.7 Å². The molecule has 41 heteroatoms. The number of sulfonamides is 2. The molecular formula is C90H81N8Na3O23S7. The molecule has 10 aromatic carbocycles. The third-order valence-electron chi connectivity index (χ3n) is 20.6. The van der Waals surface area contributed by atoms with Crippen molar-refractivity contribution >= 4 is 162 Å². The van der Waals surface area contributed by atoms with Gasteiger partial charge in [0.05, 0.1) is 53.7 Å². The molecule has 0 fully saturated rings. The largest absolute Gasteiger partial charge is 1.00 e. The van der Waals surface area contributed by atoms with E-state index in [2.05, 4.69) is 46.8 Å². The van der Waals surface area contributed by atoms with Gasteiger partial charge in [-0.1, -0.05) is 123 Å². The Morgan fingerprint density at radius 1 is 0.397 bits per heavy atom. The van der Waals surface area contributed by atoms with Crippen molar-refractivity contribution in [3.8, 4) is 44.9 Å². The number of hydrogen-bond acceptors (Lipinski definition) is 25. The van der Waals surface area contributed by atoms with E-state index in [1.807, 2.05) is 53.7 Å². The summed E-state index contributed by atoms with van der Waals surface area (Å²) in [6.07, 6.45) is 0. The van der Waals surface area contributed by atoms with E-state index in [-0.39, 0.29) is 195 Å². The van der Waals surface area contributed by atoms with Crippen LogP contribution >= 0.6 is 0 Å². The van der Waals surface area contributed by atoms with Gasteiger partial charge in [0, 0.05) is 103 Å². The van der Waals surface area contributed by atoms with E-state index in [4.69, 9.17) is 21.5 Å². The molecule has 0 unspecified atom stereocenters. The number of carbonyl (C=O) groups is 2. The molecule has 131 heavy (non-hydrogen) atoms. The van der Waals surface area contributed by atoms with Gasteiger partial charge in [0.25, 0.3) is 20.0 Å². The third kappa shape index (κ3) is 24.5. The average Bonchev–Trinajstić information content (AvgIpc) is 0.738. The van der Waals surface area contributed by atoms with Crippen molar-refractivity contribution in [2.24, 2.45) is 11.8 Å². The minimum absolute atomic E-state index is 0. The molecule has 0 bridgehead atoms. The number of amides is 2. The van der Waals surface area contributed by atoms with E-state index in [1.54, 1.807) is 157 Å². The zero-order valence-electron chi connectivity index (χ0n) is 73.1. The third-order valence-corrected chi connectivity index (χ3v) is 26.9. The summed E-state index contributed by atoms with van der Waals surface area (Å²) < 4.78 is 247. The van der Waals surface area contributed by atoms with Crippen LogP contribution in [0, 0.1) is 73.3 Å². The number of hydrogen-bond donors (Lipinski definition) is 8. The second-order valence-electron chi connectivity index (χ2n) is 30.5. The van der Waals surface area contributed by atoms with E-state index in [0.717, 1.165) is 57.6 Å². The van der Waals surface area contributed by atoms with Gasteiger partial charge < -0.3 is 48.3 Å². The summed E-state index contributed by atoms with van der Waals surface area (Å²) in [5, 5.41) is 13.5. The molecule has 2 amide bonds. The maximum Gasteiger partial charge on any atom is 1.00 e. The molecule has 4 aliphatic rings. The summed E-state index contributed by atoms with van der Waals surface area (Å²) in [5.74, 6) is -0.714. The Kier molecular flexibility index (Phi) is 33.5. The van der Waals surface area contributed by atoms with E-state index in [9.17, 15) is 78.3 Å². The fraction of sp³-hybridized carbons (Fsp3) is 0.156. The van der Waals surface area contributed by atoms with Gasteiger partial charge in [-0.3, -0.25) is 19.0 Å². The second kappa shape index (κ2) is 42.0. The van der Waals surface area contributed by atoms with Crippen molar-refractivity contribution in [1.29, 1.82) is 0 Å². The van der Waals surface area contributed by atoms with Gasteiger partial charge in [-0.25, -0.2) is 60.5 Å². The SMILES string of the molecule is Cc1cc(C)c(Nc2[c-]cc3c(-c4ccccc4S(=O)(=O)[O-])c4cc(S(=O)(=O)[O-])c(=[NH+]c5c(C)cc(C)c(NC(=O)C(C)C)c5C)cc-4oc3c2)c(C)c1NC(=O)C(C)C.Cc1ccc(NS(=O)(=O)c2ccccc2)cc1Nc1ccc2c(-c3ccc(S(=O)(=O)[O-])cc3S(=O)(=O)[O-])c3ccc(=[NH+]c4cc(NS(=O)(=O)c5ccccc5)ccc4C)cc-3oc2c1.O=S(=O)=O.[Na+].[Na+].[Na+]. The molecule has 8 N–H and O–H groups in total. The molecule has 14 rings (SSSR count). The first-order valence-electron chi connectivity index (χ1n) is 38.7. The van der Waals surface area contributed by atoms with Crippen molar-refractivity contribution in [3.05, 3.63) is 274 Å². The van der Waals surface area contributed by atoms with Gasteiger partial charge in [0.1, 0.15) is 62.5 Å². The normalized spacial score (nSPS) is 12.1. The van der Waals surface area contributed by atoms with E-state index in [0.29, 0.717) is 79.0 Å². The maximum absolute atomic E-state index is 13.1. The predicted octanol–water partition coefficient (Wildman–Crippen LogP) is 3.20. The Hall–Kier alpha value is -10.1. The summed E-state index contributed by atoms with van der Waals surface area (Å²) >= 11 is 0. The minimum Gasteiger partial charge on any atom is -0.744 e. The topological polar surface area (TPSA) is 509 Å². The Morgan fingerprint density at radius 2 is 0.878 bits per heavy atom. The van der Waals surface area contributed by atoms with Gasteiger partial charge in [-0.2, -0.15) is 12.1 Å². The molecule has 0 saturated heterocycles. The van der Waals surface area contributed by atoms with Crippen LogP contribution in [0.25, 0.3) is 66.8 Å². The summed E-state index contributed by atoms with van der Waals surface area (Å²) in [7, 11) is -31.8. The molecule has 2 aliphatic heterocycles. The van der Waals surface area contributed by atoms with Crippen molar-refractivity contribution < 1.29 is 198 Å². The van der Waals surface area contributed by atoms with Crippen molar-refractivity contribution in [2.75, 3.05) is 30.7 Å². The van der Waals surface area contributed by atoms with Crippen LogP contribution in [0.15, 0.2) is 251 Å². The van der Waals surface area contributed by atoms with Crippen LogP contribution in [0.3, 0.4) is 0 Å². The van der Waals surface area contributed by atoms with Gasteiger partial charge in [-0.05, 0) is 180 Å². The first kappa shape index (κ1) is 105. The Labute approximate surface area is 824 Å². The average molecular weight is 1940 g/mol. The van der Waals surface area contributed by atoms with Crippen LogP contribution in [0.4, 0.5) is 56.9 Å². The van der Waals surface area contributed by atoms with Gasteiger partial charge in [0.15, 0.2) is 0 Å². The molecule has 664 valence electrons. The van der Waals surface area contributed by atoms with Gasteiger partial charge in [0.2, 0.25) is 33.9 Å². The molecule has 2 heterocycles. The fourth-order valence-corrected chi connectivity index (χ4v) is 19.1. The standard InChI is InChI=1S/C45H36N4O11S4.C45H47N4O9S2.3Na.O3S/c1-28-13-15-32(48-61(50,51)34-9-5-3-6-10-34)23-40(28)46-30-17-20-37-42(25-30)60-43-26-31(47-41-24-33(16-14-29(41)2)49-62(52,53)35-11-7-4-8-12-35)18-21-38(43)45(37)39-22-19-36(63(54,55)56)27-44(39)64(57,58)59;1-22(2)44(50)48-42-26(7)17-24(5)40(28(42)9)46-30-15-16-31-35(19-30)58-36-21-34(47-41-25(6)18-27(8)43(29(41)10)49-45(51)23(3)4)38(60(55,56)57)20-33(36)39(31)32-13-11-12-14-37(32)59(52,53)54;;;;1-4(2)3/h3-27,46,48-49H,1-2H3,(H,54,55,56)(H,57,58,59);11-14,16-23,46H,1-10H3,(H,48,50)(H,49,51)(H,52,53,54)(H,55,56,57);;;;/q;-1;3*+1;/p-2. The van der Waals surface area contributed by atoms with E-state index >= 15 is 0 Å². The molecular weight excluding hydrogens is 1850 g/mol. The van der Waals surface area contributed by atoms with Crippen LogP contribution in [0.1, 0.15) is 72.2 Å². The number of fused-ring (bicyclic) bond motifs is 4. The van der Waals surface area contributed by atoms with Crippen molar-refractivity contribution in [3.63, 3.8) is 0 Å². The van der Waals surface area contributed by atoms with Gasteiger partial charge >= 0.3 is 99.3 Å². The van der Waals surface area contributed by atoms with Crippen LogP contribution < -0.4 is 140 Å². The minimum atomic E-state index is -5.39. The van der Waals surface area contributed by atoms with Gasteiger partial charge in [-0.15, -0.1) is 18.7 Å². The molecule has 0 radical (unpaired) electrons. The monoisotopic (exact) mass is 1930 g/mol. The molecule has 0 saturated carbocycles. The number of anilines is 8. The number of carbonyl (C=O) groups excluding carboxylic acids is 2. The van der Waals surface area contributed by atoms with Crippen molar-refractivity contribution in [2.45, 2.75) is 112 Å².